The van der Waals surface area contributed by atoms with Crippen LogP contribution >= 0.6 is 0 Å². The Labute approximate surface area is 175 Å². The molecule has 30 heavy (non-hydrogen) atoms. The van der Waals surface area contributed by atoms with Gasteiger partial charge in [0.2, 0.25) is 11.9 Å². The van der Waals surface area contributed by atoms with Crippen molar-refractivity contribution in [1.82, 2.24) is 19.4 Å². The molecule has 1 aliphatic carbocycles. The van der Waals surface area contributed by atoms with Crippen LogP contribution in [0.5, 0.6) is 0 Å². The number of piperazine rings is 1. The molecular formula is C22H27N7O. The van der Waals surface area contributed by atoms with Gasteiger partial charge in [0.1, 0.15) is 11.5 Å². The maximum Gasteiger partial charge on any atom is 0.231 e. The highest BCUT2D eigenvalue weighted by Crippen LogP contribution is 2.30. The first-order chi connectivity index (χ1) is 14.6. The number of anilines is 4. The predicted octanol–water partition coefficient (Wildman–Crippen LogP) is 2.95. The van der Waals surface area contributed by atoms with Crippen LogP contribution in [0.25, 0.3) is 11.0 Å². The summed E-state index contributed by atoms with van der Waals surface area (Å²) < 4.78 is 2.02. The first-order valence-corrected chi connectivity index (χ1v) is 10.5. The summed E-state index contributed by atoms with van der Waals surface area (Å²) >= 11 is 0. The SMILES string of the molecule is CC(=O)N1CCN(c2ccc(Nc3nc(NC4CC4)c4ccn(C)c4n3)cc2)CC1. The second-order valence-corrected chi connectivity index (χ2v) is 8.14. The molecular weight excluding hydrogens is 378 g/mol. The van der Waals surface area contributed by atoms with Gasteiger partial charge in [-0.3, -0.25) is 4.79 Å². The second kappa shape index (κ2) is 7.51. The summed E-state index contributed by atoms with van der Waals surface area (Å²) in [6.45, 7) is 4.90. The van der Waals surface area contributed by atoms with Gasteiger partial charge in [-0.25, -0.2) is 0 Å². The first kappa shape index (κ1) is 18.7. The zero-order valence-corrected chi connectivity index (χ0v) is 17.4. The molecule has 3 heterocycles. The maximum absolute atomic E-state index is 11.5. The summed E-state index contributed by atoms with van der Waals surface area (Å²) in [4.78, 5) is 25.2. The van der Waals surface area contributed by atoms with E-state index in [4.69, 9.17) is 9.97 Å². The topological polar surface area (TPSA) is 78.3 Å². The molecule has 1 aromatic carbocycles. The number of hydrogen-bond donors (Lipinski definition) is 2. The number of benzene rings is 1. The maximum atomic E-state index is 11.5. The molecule has 2 aliphatic rings. The van der Waals surface area contributed by atoms with Crippen molar-refractivity contribution < 1.29 is 4.79 Å². The smallest absolute Gasteiger partial charge is 0.231 e. The average Bonchev–Trinajstić information content (AvgIpc) is 3.49. The predicted molar refractivity (Wildman–Crippen MR) is 119 cm³/mol. The number of hydrogen-bond acceptors (Lipinski definition) is 6. The van der Waals surface area contributed by atoms with Gasteiger partial charge in [-0.1, -0.05) is 0 Å². The van der Waals surface area contributed by atoms with E-state index in [9.17, 15) is 4.79 Å². The van der Waals surface area contributed by atoms with E-state index in [0.717, 1.165) is 48.7 Å². The number of rotatable bonds is 5. The van der Waals surface area contributed by atoms with Crippen LogP contribution in [0.4, 0.5) is 23.1 Å². The van der Waals surface area contributed by atoms with Crippen molar-refractivity contribution >= 4 is 40.1 Å². The third-order valence-corrected chi connectivity index (χ3v) is 5.86. The van der Waals surface area contributed by atoms with Crippen LogP contribution in [-0.4, -0.2) is 57.6 Å². The zero-order chi connectivity index (χ0) is 20.7. The van der Waals surface area contributed by atoms with E-state index >= 15 is 0 Å². The number of carbonyl (C=O) groups is 1. The van der Waals surface area contributed by atoms with Gasteiger partial charge in [-0.2, -0.15) is 9.97 Å². The average molecular weight is 406 g/mol. The molecule has 0 radical (unpaired) electrons. The van der Waals surface area contributed by atoms with Crippen molar-refractivity contribution in [3.63, 3.8) is 0 Å². The lowest BCUT2D eigenvalue weighted by Crippen LogP contribution is -2.48. The van der Waals surface area contributed by atoms with Crippen LogP contribution in [0.15, 0.2) is 36.5 Å². The Hall–Kier alpha value is -3.29. The number of nitrogens with zero attached hydrogens (tertiary/aromatic N) is 5. The van der Waals surface area contributed by atoms with Crippen molar-refractivity contribution in [3.05, 3.63) is 36.5 Å². The molecule has 2 N–H and O–H groups in total. The Bertz CT molecular complexity index is 1060. The molecule has 1 amide bonds. The van der Waals surface area contributed by atoms with Gasteiger partial charge in [0.15, 0.2) is 0 Å². The molecule has 2 fully saturated rings. The number of amides is 1. The minimum Gasteiger partial charge on any atom is -0.368 e. The van der Waals surface area contributed by atoms with Crippen molar-refractivity contribution in [2.45, 2.75) is 25.8 Å². The molecule has 156 valence electrons. The van der Waals surface area contributed by atoms with Crippen LogP contribution < -0.4 is 15.5 Å². The van der Waals surface area contributed by atoms with E-state index in [-0.39, 0.29) is 5.91 Å². The second-order valence-electron chi connectivity index (χ2n) is 8.14. The molecule has 5 rings (SSSR count). The van der Waals surface area contributed by atoms with Crippen molar-refractivity contribution in [1.29, 1.82) is 0 Å². The molecule has 0 spiro atoms. The Morgan fingerprint density at radius 2 is 1.77 bits per heavy atom. The van der Waals surface area contributed by atoms with Crippen molar-refractivity contribution in [2.75, 3.05) is 41.7 Å². The first-order valence-electron chi connectivity index (χ1n) is 10.5. The van der Waals surface area contributed by atoms with E-state index in [1.165, 1.54) is 18.5 Å². The number of fused-ring (bicyclic) bond motifs is 1. The summed E-state index contributed by atoms with van der Waals surface area (Å²) in [5.74, 6) is 1.64. The quantitative estimate of drug-likeness (QED) is 0.680. The minimum absolute atomic E-state index is 0.153. The Balaban J connectivity index is 1.32. The molecule has 1 saturated heterocycles. The van der Waals surface area contributed by atoms with Gasteiger partial charge in [0.25, 0.3) is 0 Å². The highest BCUT2D eigenvalue weighted by atomic mass is 16.2. The van der Waals surface area contributed by atoms with Gasteiger partial charge in [-0.15, -0.1) is 0 Å². The molecule has 0 bridgehead atoms. The van der Waals surface area contributed by atoms with E-state index in [1.807, 2.05) is 22.7 Å². The summed E-state index contributed by atoms with van der Waals surface area (Å²) in [5, 5.41) is 7.93. The summed E-state index contributed by atoms with van der Waals surface area (Å²) in [6.07, 6.45) is 4.41. The molecule has 8 nitrogen and oxygen atoms in total. The number of carbonyl (C=O) groups excluding carboxylic acids is 1. The normalized spacial score (nSPS) is 16.7. The number of nitrogens with one attached hydrogen (secondary N) is 2. The molecule has 3 aromatic rings. The van der Waals surface area contributed by atoms with Crippen LogP contribution in [-0.2, 0) is 11.8 Å². The number of aryl methyl sites for hydroxylation is 1. The van der Waals surface area contributed by atoms with Gasteiger partial charge in [0, 0.05) is 63.8 Å². The lowest BCUT2D eigenvalue weighted by atomic mass is 10.2. The molecule has 1 saturated carbocycles. The minimum atomic E-state index is 0.153. The lowest BCUT2D eigenvalue weighted by molar-refractivity contribution is -0.129. The fourth-order valence-electron chi connectivity index (χ4n) is 3.89. The third-order valence-electron chi connectivity index (χ3n) is 5.86. The highest BCUT2D eigenvalue weighted by molar-refractivity contribution is 5.89. The highest BCUT2D eigenvalue weighted by Gasteiger charge is 2.23. The Kier molecular flexibility index (Phi) is 4.69. The summed E-state index contributed by atoms with van der Waals surface area (Å²) in [5.41, 5.74) is 3.03. The van der Waals surface area contributed by atoms with E-state index in [1.54, 1.807) is 6.92 Å². The molecule has 1 aliphatic heterocycles. The van der Waals surface area contributed by atoms with Gasteiger partial charge in [-0.05, 0) is 43.2 Å². The van der Waals surface area contributed by atoms with Gasteiger partial charge >= 0.3 is 0 Å². The fourth-order valence-corrected chi connectivity index (χ4v) is 3.89. The van der Waals surface area contributed by atoms with Crippen molar-refractivity contribution in [3.8, 4) is 0 Å². The monoisotopic (exact) mass is 405 g/mol. The Morgan fingerprint density at radius 3 is 2.43 bits per heavy atom. The van der Waals surface area contributed by atoms with Crippen LogP contribution in [0.1, 0.15) is 19.8 Å². The Morgan fingerprint density at radius 1 is 1.03 bits per heavy atom. The van der Waals surface area contributed by atoms with Crippen LogP contribution in [0.2, 0.25) is 0 Å². The lowest BCUT2D eigenvalue weighted by Gasteiger charge is -2.35. The van der Waals surface area contributed by atoms with Crippen molar-refractivity contribution in [2.24, 2.45) is 7.05 Å². The molecule has 0 atom stereocenters. The summed E-state index contributed by atoms with van der Waals surface area (Å²) in [6, 6.07) is 10.9. The fraction of sp³-hybridized carbons (Fsp3) is 0.409. The number of aromatic nitrogens is 3. The van der Waals surface area contributed by atoms with E-state index in [0.29, 0.717) is 12.0 Å². The van der Waals surface area contributed by atoms with E-state index < -0.39 is 0 Å². The zero-order valence-electron chi connectivity index (χ0n) is 17.4. The largest absolute Gasteiger partial charge is 0.368 e. The molecule has 8 heteroatoms. The van der Waals surface area contributed by atoms with Crippen LogP contribution in [0, 0.1) is 0 Å². The molecule has 2 aromatic heterocycles. The van der Waals surface area contributed by atoms with Gasteiger partial charge < -0.3 is 25.0 Å². The van der Waals surface area contributed by atoms with E-state index in [2.05, 4.69) is 45.9 Å². The standard InChI is InChI=1S/C22H27N7O/c1-15(30)28-11-13-29(14-12-28)18-7-5-17(6-8-18)24-22-25-20(23-16-3-4-16)19-9-10-27(2)21(19)26-22/h5-10,16H,3-4,11-14H2,1-2H3,(H2,23,24,25,26). The van der Waals surface area contributed by atoms with Crippen LogP contribution in [0.3, 0.4) is 0 Å². The van der Waals surface area contributed by atoms with Gasteiger partial charge in [0.05, 0.1) is 5.39 Å². The summed E-state index contributed by atoms with van der Waals surface area (Å²) in [7, 11) is 2.00. The third kappa shape index (κ3) is 3.77. The molecule has 0 unspecified atom stereocenters.